The summed E-state index contributed by atoms with van der Waals surface area (Å²) in [6.45, 7) is 6.03. The van der Waals surface area contributed by atoms with Crippen LogP contribution in [0.3, 0.4) is 0 Å². The SMILES string of the molecule is CC1CCNC(c2ccccc2)CN1CC1CCCC1. The van der Waals surface area contributed by atoms with Crippen molar-refractivity contribution in [3.63, 3.8) is 0 Å². The molecule has 0 amide bonds. The summed E-state index contributed by atoms with van der Waals surface area (Å²) in [6, 6.07) is 12.2. The van der Waals surface area contributed by atoms with Crippen LogP contribution < -0.4 is 5.32 Å². The highest BCUT2D eigenvalue weighted by Gasteiger charge is 2.26. The maximum atomic E-state index is 3.74. The molecule has 0 bridgehead atoms. The Morgan fingerprint density at radius 1 is 1.10 bits per heavy atom. The lowest BCUT2D eigenvalue weighted by Gasteiger charge is -2.31. The van der Waals surface area contributed by atoms with Crippen molar-refractivity contribution in [3.05, 3.63) is 35.9 Å². The van der Waals surface area contributed by atoms with Gasteiger partial charge in [-0.1, -0.05) is 43.2 Å². The number of nitrogens with one attached hydrogen (secondary N) is 1. The van der Waals surface area contributed by atoms with Crippen LogP contribution in [0.4, 0.5) is 0 Å². The van der Waals surface area contributed by atoms with Gasteiger partial charge in [-0.05, 0) is 44.2 Å². The van der Waals surface area contributed by atoms with Gasteiger partial charge >= 0.3 is 0 Å². The van der Waals surface area contributed by atoms with Gasteiger partial charge in [-0.25, -0.2) is 0 Å². The molecule has 20 heavy (non-hydrogen) atoms. The lowest BCUT2D eigenvalue weighted by Crippen LogP contribution is -2.38. The molecule has 1 aliphatic heterocycles. The smallest absolute Gasteiger partial charge is 0.0449 e. The molecule has 1 N–H and O–H groups in total. The van der Waals surface area contributed by atoms with E-state index in [9.17, 15) is 0 Å². The molecule has 110 valence electrons. The second-order valence-corrected chi connectivity index (χ2v) is 6.66. The van der Waals surface area contributed by atoms with Crippen LogP contribution in [0.2, 0.25) is 0 Å². The first kappa shape index (κ1) is 14.1. The Hall–Kier alpha value is -0.860. The second kappa shape index (κ2) is 6.73. The van der Waals surface area contributed by atoms with Gasteiger partial charge in [-0.2, -0.15) is 0 Å². The van der Waals surface area contributed by atoms with E-state index in [1.54, 1.807) is 0 Å². The van der Waals surface area contributed by atoms with E-state index >= 15 is 0 Å². The Balaban J connectivity index is 1.67. The summed E-state index contributed by atoms with van der Waals surface area (Å²) < 4.78 is 0. The number of hydrogen-bond donors (Lipinski definition) is 1. The normalized spacial score (nSPS) is 29.4. The molecule has 2 heteroatoms. The van der Waals surface area contributed by atoms with Crippen molar-refractivity contribution < 1.29 is 0 Å². The highest BCUT2D eigenvalue weighted by Crippen LogP contribution is 2.28. The Morgan fingerprint density at radius 2 is 1.85 bits per heavy atom. The fourth-order valence-electron chi connectivity index (χ4n) is 3.82. The number of hydrogen-bond acceptors (Lipinski definition) is 2. The average Bonchev–Trinajstić information content (AvgIpc) is 2.92. The third kappa shape index (κ3) is 3.42. The monoisotopic (exact) mass is 272 g/mol. The summed E-state index contributed by atoms with van der Waals surface area (Å²) >= 11 is 0. The average molecular weight is 272 g/mol. The van der Waals surface area contributed by atoms with E-state index < -0.39 is 0 Å². The summed E-state index contributed by atoms with van der Waals surface area (Å²) in [5, 5.41) is 3.74. The van der Waals surface area contributed by atoms with Crippen LogP contribution in [0.25, 0.3) is 0 Å². The fraction of sp³-hybridized carbons (Fsp3) is 0.667. The van der Waals surface area contributed by atoms with Gasteiger partial charge in [0.2, 0.25) is 0 Å². The topological polar surface area (TPSA) is 15.3 Å². The first-order valence-corrected chi connectivity index (χ1v) is 8.35. The van der Waals surface area contributed by atoms with Crippen molar-refractivity contribution in [2.75, 3.05) is 19.6 Å². The Morgan fingerprint density at radius 3 is 2.60 bits per heavy atom. The summed E-state index contributed by atoms with van der Waals surface area (Å²) in [7, 11) is 0. The molecule has 2 unspecified atom stereocenters. The van der Waals surface area contributed by atoms with Gasteiger partial charge in [0.25, 0.3) is 0 Å². The molecule has 1 saturated heterocycles. The minimum Gasteiger partial charge on any atom is -0.309 e. The molecule has 1 aromatic rings. The molecule has 0 spiro atoms. The summed E-state index contributed by atoms with van der Waals surface area (Å²) in [5.74, 6) is 0.951. The summed E-state index contributed by atoms with van der Waals surface area (Å²) in [6.07, 6.45) is 7.08. The number of nitrogens with zero attached hydrogens (tertiary/aromatic N) is 1. The minimum absolute atomic E-state index is 0.502. The molecule has 0 aromatic heterocycles. The minimum atomic E-state index is 0.502. The zero-order chi connectivity index (χ0) is 13.8. The van der Waals surface area contributed by atoms with E-state index in [1.807, 2.05) is 0 Å². The highest BCUT2D eigenvalue weighted by molar-refractivity contribution is 5.19. The van der Waals surface area contributed by atoms with Crippen LogP contribution in [-0.2, 0) is 0 Å². The van der Waals surface area contributed by atoms with Crippen LogP contribution in [0.15, 0.2) is 30.3 Å². The molecule has 3 rings (SSSR count). The predicted octanol–water partition coefficient (Wildman–Crippen LogP) is 3.60. The van der Waals surface area contributed by atoms with E-state index in [-0.39, 0.29) is 0 Å². The maximum absolute atomic E-state index is 3.74. The highest BCUT2D eigenvalue weighted by atomic mass is 15.2. The van der Waals surface area contributed by atoms with Crippen molar-refractivity contribution in [2.24, 2.45) is 5.92 Å². The third-order valence-electron chi connectivity index (χ3n) is 5.16. The van der Waals surface area contributed by atoms with E-state index in [2.05, 4.69) is 47.5 Å². The zero-order valence-corrected chi connectivity index (χ0v) is 12.7. The Bertz CT molecular complexity index is 397. The van der Waals surface area contributed by atoms with Crippen molar-refractivity contribution >= 4 is 0 Å². The summed E-state index contributed by atoms with van der Waals surface area (Å²) in [5.41, 5.74) is 1.44. The quantitative estimate of drug-likeness (QED) is 0.904. The first-order valence-electron chi connectivity index (χ1n) is 8.35. The van der Waals surface area contributed by atoms with Crippen LogP contribution in [-0.4, -0.2) is 30.6 Å². The van der Waals surface area contributed by atoms with Crippen LogP contribution in [0, 0.1) is 5.92 Å². The third-order valence-corrected chi connectivity index (χ3v) is 5.16. The van der Waals surface area contributed by atoms with Crippen LogP contribution in [0.1, 0.15) is 50.6 Å². The maximum Gasteiger partial charge on any atom is 0.0449 e. The van der Waals surface area contributed by atoms with Gasteiger partial charge in [0.1, 0.15) is 0 Å². The molecular weight excluding hydrogens is 244 g/mol. The zero-order valence-electron chi connectivity index (χ0n) is 12.7. The van der Waals surface area contributed by atoms with Gasteiger partial charge in [0.05, 0.1) is 0 Å². The fourth-order valence-corrected chi connectivity index (χ4v) is 3.82. The van der Waals surface area contributed by atoms with Gasteiger partial charge in [-0.15, -0.1) is 0 Å². The molecule has 0 radical (unpaired) electrons. The van der Waals surface area contributed by atoms with Crippen molar-refractivity contribution in [1.82, 2.24) is 10.2 Å². The molecule has 1 aliphatic carbocycles. The van der Waals surface area contributed by atoms with Crippen molar-refractivity contribution in [2.45, 2.75) is 51.1 Å². The van der Waals surface area contributed by atoms with Gasteiger partial charge < -0.3 is 5.32 Å². The van der Waals surface area contributed by atoms with Crippen LogP contribution in [0.5, 0.6) is 0 Å². The van der Waals surface area contributed by atoms with Crippen molar-refractivity contribution in [1.29, 1.82) is 0 Å². The molecule has 1 aromatic carbocycles. The van der Waals surface area contributed by atoms with Crippen LogP contribution >= 0.6 is 0 Å². The molecule has 2 aliphatic rings. The van der Waals surface area contributed by atoms with E-state index in [0.29, 0.717) is 6.04 Å². The molecule has 2 atom stereocenters. The molecular formula is C18H28N2. The lowest BCUT2D eigenvalue weighted by molar-refractivity contribution is 0.174. The van der Waals surface area contributed by atoms with E-state index in [1.165, 1.54) is 50.8 Å². The van der Waals surface area contributed by atoms with Gasteiger partial charge in [-0.3, -0.25) is 4.90 Å². The molecule has 2 nitrogen and oxygen atoms in total. The second-order valence-electron chi connectivity index (χ2n) is 6.66. The Labute approximate surface area is 123 Å². The molecule has 1 heterocycles. The summed E-state index contributed by atoms with van der Waals surface area (Å²) in [4.78, 5) is 2.74. The standard InChI is InChI=1S/C18H28N2/c1-15-11-12-19-18(17-9-3-2-4-10-17)14-20(15)13-16-7-5-6-8-16/h2-4,9-10,15-16,18-19H,5-8,11-14H2,1H3. The molecule has 1 saturated carbocycles. The van der Waals surface area contributed by atoms with Gasteiger partial charge in [0, 0.05) is 25.2 Å². The lowest BCUT2D eigenvalue weighted by atomic mass is 10.0. The molecule has 2 fully saturated rings. The van der Waals surface area contributed by atoms with Gasteiger partial charge in [0.15, 0.2) is 0 Å². The first-order chi connectivity index (χ1) is 9.83. The Kier molecular flexibility index (Phi) is 4.74. The van der Waals surface area contributed by atoms with E-state index in [4.69, 9.17) is 0 Å². The van der Waals surface area contributed by atoms with E-state index in [0.717, 1.165) is 18.5 Å². The largest absolute Gasteiger partial charge is 0.309 e. The predicted molar refractivity (Wildman–Crippen MR) is 84.8 cm³/mol. The number of rotatable bonds is 3. The van der Waals surface area contributed by atoms with Crippen molar-refractivity contribution in [3.8, 4) is 0 Å². The number of benzene rings is 1.